The average molecular weight is 284 g/mol. The molecule has 0 aliphatic carbocycles. The predicted octanol–water partition coefficient (Wildman–Crippen LogP) is 2.17. The molecule has 0 unspecified atom stereocenters. The van der Waals surface area contributed by atoms with Gasteiger partial charge in [-0.1, -0.05) is 17.3 Å². The van der Waals surface area contributed by atoms with Gasteiger partial charge in [0.05, 0.1) is 0 Å². The van der Waals surface area contributed by atoms with Crippen LogP contribution in [0, 0.1) is 5.82 Å². The van der Waals surface area contributed by atoms with Crippen molar-refractivity contribution in [2.45, 2.75) is 0 Å². The summed E-state index contributed by atoms with van der Waals surface area (Å²) in [6.07, 6.45) is 3.03. The fraction of sp³-hybridized carbons (Fsp3) is 0. The van der Waals surface area contributed by atoms with Crippen LogP contribution in [0.5, 0.6) is 0 Å². The molecule has 3 rings (SSSR count). The molecular weight excluding hydrogens is 275 g/mol. The maximum Gasteiger partial charge on any atom is 0.358 e. The molecular formula is C14H9FN4O2. The van der Waals surface area contributed by atoms with E-state index in [1.807, 2.05) is 0 Å². The normalized spacial score (nSPS) is 10.5. The van der Waals surface area contributed by atoms with Crippen LogP contribution in [-0.2, 0) is 0 Å². The highest BCUT2D eigenvalue weighted by atomic mass is 19.1. The van der Waals surface area contributed by atoms with E-state index in [-0.39, 0.29) is 17.1 Å². The van der Waals surface area contributed by atoms with Crippen molar-refractivity contribution >= 4 is 5.97 Å². The number of nitrogens with zero attached hydrogens (tertiary/aromatic N) is 4. The molecule has 0 spiro atoms. The topological polar surface area (TPSA) is 80.9 Å². The van der Waals surface area contributed by atoms with Crippen LogP contribution >= 0.6 is 0 Å². The Labute approximate surface area is 118 Å². The predicted molar refractivity (Wildman–Crippen MR) is 71.5 cm³/mol. The highest BCUT2D eigenvalue weighted by Crippen LogP contribution is 2.25. The molecule has 0 aliphatic heterocycles. The third kappa shape index (κ3) is 2.25. The Kier molecular flexibility index (Phi) is 3.15. The van der Waals surface area contributed by atoms with Crippen LogP contribution < -0.4 is 0 Å². The number of aromatic carboxylic acids is 1. The minimum Gasteiger partial charge on any atom is -0.476 e. The maximum atomic E-state index is 13.9. The molecule has 2 heterocycles. The van der Waals surface area contributed by atoms with E-state index < -0.39 is 11.8 Å². The number of pyridine rings is 1. The number of hydrogen-bond donors (Lipinski definition) is 1. The van der Waals surface area contributed by atoms with E-state index in [0.717, 1.165) is 0 Å². The van der Waals surface area contributed by atoms with Crippen LogP contribution in [0.1, 0.15) is 10.5 Å². The summed E-state index contributed by atoms with van der Waals surface area (Å²) in [6.45, 7) is 0. The van der Waals surface area contributed by atoms with Crippen LogP contribution in [0.4, 0.5) is 4.39 Å². The number of benzene rings is 1. The van der Waals surface area contributed by atoms with Gasteiger partial charge in [0, 0.05) is 18.0 Å². The molecule has 21 heavy (non-hydrogen) atoms. The van der Waals surface area contributed by atoms with Crippen LogP contribution in [0.2, 0.25) is 0 Å². The average Bonchev–Trinajstić information content (AvgIpc) is 2.93. The first-order valence-corrected chi connectivity index (χ1v) is 6.03. The summed E-state index contributed by atoms with van der Waals surface area (Å²) in [5, 5.41) is 16.6. The van der Waals surface area contributed by atoms with Crippen molar-refractivity contribution in [2.24, 2.45) is 0 Å². The Hall–Kier alpha value is -3.09. The van der Waals surface area contributed by atoms with E-state index in [0.29, 0.717) is 5.56 Å². The molecule has 0 saturated heterocycles. The van der Waals surface area contributed by atoms with Gasteiger partial charge < -0.3 is 5.11 Å². The highest BCUT2D eigenvalue weighted by Gasteiger charge is 2.22. The van der Waals surface area contributed by atoms with Crippen LogP contribution in [0.25, 0.3) is 16.9 Å². The van der Waals surface area contributed by atoms with Crippen molar-refractivity contribution in [1.29, 1.82) is 0 Å². The Morgan fingerprint density at radius 1 is 1.14 bits per heavy atom. The van der Waals surface area contributed by atoms with Crippen molar-refractivity contribution in [2.75, 3.05) is 0 Å². The fourth-order valence-electron chi connectivity index (χ4n) is 1.99. The van der Waals surface area contributed by atoms with Crippen molar-refractivity contribution in [1.82, 2.24) is 20.0 Å². The molecule has 0 bridgehead atoms. The molecule has 1 aromatic carbocycles. The minimum atomic E-state index is -1.23. The summed E-state index contributed by atoms with van der Waals surface area (Å²) in [6, 6.07) is 9.18. The third-order valence-corrected chi connectivity index (χ3v) is 2.91. The Bertz CT molecular complexity index is 802. The van der Waals surface area contributed by atoms with E-state index in [1.54, 1.807) is 24.3 Å². The molecule has 7 heteroatoms. The number of para-hydroxylation sites is 1. The first-order valence-electron chi connectivity index (χ1n) is 6.03. The summed E-state index contributed by atoms with van der Waals surface area (Å²) in [5.41, 5.74) is 0.624. The van der Waals surface area contributed by atoms with Crippen molar-refractivity contribution in [3.63, 3.8) is 0 Å². The Balaban J connectivity index is 2.28. The van der Waals surface area contributed by atoms with Crippen LogP contribution in [0.3, 0.4) is 0 Å². The smallest absolute Gasteiger partial charge is 0.358 e. The van der Waals surface area contributed by atoms with Gasteiger partial charge in [-0.15, -0.1) is 5.10 Å². The quantitative estimate of drug-likeness (QED) is 0.797. The number of aromatic nitrogens is 4. The third-order valence-electron chi connectivity index (χ3n) is 2.91. The Morgan fingerprint density at radius 3 is 2.52 bits per heavy atom. The molecule has 0 atom stereocenters. The lowest BCUT2D eigenvalue weighted by Crippen LogP contribution is -2.04. The standard InChI is InChI=1S/C14H9FN4O2/c15-10-3-1-2-4-11(10)19-13(9-5-7-16-8-6-9)12(14(20)21)17-18-19/h1-8H,(H,20,21). The first kappa shape index (κ1) is 12.9. The zero-order valence-electron chi connectivity index (χ0n) is 10.6. The largest absolute Gasteiger partial charge is 0.476 e. The molecule has 6 nitrogen and oxygen atoms in total. The SMILES string of the molecule is O=C(O)c1nnn(-c2ccccc2F)c1-c1ccncc1. The van der Waals surface area contributed by atoms with Crippen molar-refractivity contribution in [3.8, 4) is 16.9 Å². The molecule has 0 radical (unpaired) electrons. The van der Waals surface area contributed by atoms with Gasteiger partial charge in [0.2, 0.25) is 0 Å². The monoisotopic (exact) mass is 284 g/mol. The molecule has 0 saturated carbocycles. The summed E-state index contributed by atoms with van der Waals surface area (Å²) in [5.74, 6) is -1.75. The second-order valence-electron chi connectivity index (χ2n) is 4.19. The first-order chi connectivity index (χ1) is 10.2. The van der Waals surface area contributed by atoms with Gasteiger partial charge in [-0.3, -0.25) is 4.98 Å². The zero-order valence-corrected chi connectivity index (χ0v) is 10.6. The van der Waals surface area contributed by atoms with E-state index in [9.17, 15) is 14.3 Å². The van der Waals surface area contributed by atoms with Gasteiger partial charge in [-0.2, -0.15) is 0 Å². The van der Waals surface area contributed by atoms with Gasteiger partial charge in [0.1, 0.15) is 17.2 Å². The van der Waals surface area contributed by atoms with E-state index in [2.05, 4.69) is 15.3 Å². The number of halogens is 1. The fourth-order valence-corrected chi connectivity index (χ4v) is 1.99. The molecule has 104 valence electrons. The van der Waals surface area contributed by atoms with Gasteiger partial charge in [0.25, 0.3) is 0 Å². The summed E-state index contributed by atoms with van der Waals surface area (Å²) in [7, 11) is 0. The zero-order chi connectivity index (χ0) is 14.8. The summed E-state index contributed by atoms with van der Waals surface area (Å²) in [4.78, 5) is 15.2. The lowest BCUT2D eigenvalue weighted by Gasteiger charge is -2.07. The van der Waals surface area contributed by atoms with E-state index >= 15 is 0 Å². The van der Waals surface area contributed by atoms with Crippen molar-refractivity contribution < 1.29 is 14.3 Å². The van der Waals surface area contributed by atoms with E-state index in [4.69, 9.17) is 0 Å². The number of carboxylic acids is 1. The van der Waals surface area contributed by atoms with Gasteiger partial charge >= 0.3 is 5.97 Å². The second-order valence-corrected chi connectivity index (χ2v) is 4.19. The molecule has 0 amide bonds. The lowest BCUT2D eigenvalue weighted by atomic mass is 10.1. The Morgan fingerprint density at radius 2 is 1.86 bits per heavy atom. The molecule has 0 fully saturated rings. The van der Waals surface area contributed by atoms with Gasteiger partial charge in [-0.25, -0.2) is 13.9 Å². The van der Waals surface area contributed by atoms with Crippen LogP contribution in [0.15, 0.2) is 48.8 Å². The van der Waals surface area contributed by atoms with E-state index in [1.165, 1.54) is 29.2 Å². The highest BCUT2D eigenvalue weighted by molar-refractivity contribution is 5.93. The lowest BCUT2D eigenvalue weighted by molar-refractivity contribution is 0.0691. The van der Waals surface area contributed by atoms with Gasteiger partial charge in [0.15, 0.2) is 5.69 Å². The summed E-state index contributed by atoms with van der Waals surface area (Å²) < 4.78 is 15.1. The second kappa shape index (κ2) is 5.12. The number of carboxylic acid groups (broad SMARTS) is 1. The molecule has 1 N–H and O–H groups in total. The molecule has 3 aromatic rings. The molecule has 2 aromatic heterocycles. The van der Waals surface area contributed by atoms with Crippen molar-refractivity contribution in [3.05, 3.63) is 60.3 Å². The van der Waals surface area contributed by atoms with Crippen LogP contribution in [-0.4, -0.2) is 31.1 Å². The number of hydrogen-bond acceptors (Lipinski definition) is 4. The maximum absolute atomic E-state index is 13.9. The van der Waals surface area contributed by atoms with Gasteiger partial charge in [-0.05, 0) is 24.3 Å². The number of rotatable bonds is 3. The summed E-state index contributed by atoms with van der Waals surface area (Å²) >= 11 is 0. The minimum absolute atomic E-state index is 0.129. The number of carbonyl (C=O) groups is 1. The molecule has 0 aliphatic rings.